The van der Waals surface area contributed by atoms with Gasteiger partial charge in [-0.3, -0.25) is 4.79 Å². The minimum atomic E-state index is -0.194. The van der Waals surface area contributed by atoms with Gasteiger partial charge >= 0.3 is 0 Å². The number of hydrogen-bond acceptors (Lipinski definition) is 6. The van der Waals surface area contributed by atoms with Crippen LogP contribution in [0.25, 0.3) is 0 Å². The Kier molecular flexibility index (Phi) is 7.14. The fourth-order valence-corrected chi connectivity index (χ4v) is 2.97. The lowest BCUT2D eigenvalue weighted by molar-refractivity contribution is -0.136. The van der Waals surface area contributed by atoms with Gasteiger partial charge in [0.1, 0.15) is 0 Å². The molecule has 0 saturated heterocycles. The third-order valence-corrected chi connectivity index (χ3v) is 4.55. The summed E-state index contributed by atoms with van der Waals surface area (Å²) >= 11 is 0. The SMILES string of the molecule is CNC[C@H]1OCc2cnnn2CCCC(=O)N([C@H](C)CO)C[C@@H]1C. The van der Waals surface area contributed by atoms with Gasteiger partial charge < -0.3 is 20.1 Å². The molecule has 1 aromatic rings. The van der Waals surface area contributed by atoms with Gasteiger partial charge in [-0.1, -0.05) is 12.1 Å². The van der Waals surface area contributed by atoms with Crippen molar-refractivity contribution in [3.8, 4) is 0 Å². The quantitative estimate of drug-likeness (QED) is 0.804. The minimum absolute atomic E-state index is 0.0385. The van der Waals surface area contributed by atoms with Gasteiger partial charge in [0, 0.05) is 32.0 Å². The van der Waals surface area contributed by atoms with Crippen molar-refractivity contribution >= 4 is 5.91 Å². The van der Waals surface area contributed by atoms with E-state index in [4.69, 9.17) is 4.74 Å². The second-order valence-electron chi connectivity index (χ2n) is 6.51. The van der Waals surface area contributed by atoms with E-state index in [1.165, 1.54) is 0 Å². The predicted molar refractivity (Wildman–Crippen MR) is 89.2 cm³/mol. The second kappa shape index (κ2) is 9.10. The van der Waals surface area contributed by atoms with E-state index < -0.39 is 0 Å². The molecular formula is C16H29N5O3. The van der Waals surface area contributed by atoms with Crippen LogP contribution in [0.3, 0.4) is 0 Å². The Hall–Kier alpha value is -1.51. The summed E-state index contributed by atoms with van der Waals surface area (Å²) in [7, 11) is 1.89. The average molecular weight is 339 g/mol. The topological polar surface area (TPSA) is 92.5 Å². The number of aliphatic hydroxyl groups is 1. The molecule has 2 N–H and O–H groups in total. The van der Waals surface area contributed by atoms with Gasteiger partial charge in [-0.25, -0.2) is 4.68 Å². The molecule has 1 aliphatic heterocycles. The fraction of sp³-hybridized carbons (Fsp3) is 0.812. The molecule has 2 heterocycles. The molecule has 0 unspecified atom stereocenters. The van der Waals surface area contributed by atoms with Gasteiger partial charge in [0.05, 0.1) is 37.3 Å². The molecule has 0 fully saturated rings. The third kappa shape index (κ3) is 4.75. The van der Waals surface area contributed by atoms with Crippen LogP contribution in [0, 0.1) is 5.92 Å². The number of aryl methyl sites for hydroxylation is 1. The van der Waals surface area contributed by atoms with Gasteiger partial charge in [0.15, 0.2) is 0 Å². The standard InChI is InChI=1S/C16H29N5O3/c1-12-9-20(13(2)10-22)16(23)5-4-6-21-14(7-18-19-21)11-24-15(12)8-17-3/h7,12-13,15,17,22H,4-6,8-11H2,1-3H3/t12-,13+,15+/m0/s1. The van der Waals surface area contributed by atoms with Crippen LogP contribution < -0.4 is 5.32 Å². The minimum Gasteiger partial charge on any atom is -0.394 e. The molecule has 8 nitrogen and oxygen atoms in total. The van der Waals surface area contributed by atoms with Crippen LogP contribution in [-0.4, -0.2) is 69.8 Å². The largest absolute Gasteiger partial charge is 0.394 e. The van der Waals surface area contributed by atoms with Crippen LogP contribution in [-0.2, 0) is 22.7 Å². The monoisotopic (exact) mass is 339 g/mol. The number of amides is 1. The Bertz CT molecular complexity index is 522. The fourth-order valence-electron chi connectivity index (χ4n) is 2.97. The molecule has 0 aromatic carbocycles. The van der Waals surface area contributed by atoms with Crippen molar-refractivity contribution in [2.75, 3.05) is 26.7 Å². The molecule has 1 amide bonds. The number of aliphatic hydroxyl groups excluding tert-OH is 1. The van der Waals surface area contributed by atoms with Crippen LogP contribution in [0.2, 0.25) is 0 Å². The van der Waals surface area contributed by atoms with Crippen LogP contribution in [0.1, 0.15) is 32.4 Å². The van der Waals surface area contributed by atoms with E-state index in [0.717, 1.165) is 5.69 Å². The summed E-state index contributed by atoms with van der Waals surface area (Å²) in [4.78, 5) is 14.4. The van der Waals surface area contributed by atoms with Crippen LogP contribution in [0.15, 0.2) is 6.20 Å². The zero-order chi connectivity index (χ0) is 17.5. The summed E-state index contributed by atoms with van der Waals surface area (Å²) in [5.41, 5.74) is 0.928. The molecule has 0 aliphatic carbocycles. The zero-order valence-electron chi connectivity index (χ0n) is 14.8. The van der Waals surface area contributed by atoms with Crippen molar-refractivity contribution in [2.24, 2.45) is 5.92 Å². The number of hydrogen-bond donors (Lipinski definition) is 2. The lowest BCUT2D eigenvalue weighted by atomic mass is 10.0. The van der Waals surface area contributed by atoms with E-state index in [-0.39, 0.29) is 30.6 Å². The molecule has 1 aromatic heterocycles. The molecular weight excluding hydrogens is 310 g/mol. The summed E-state index contributed by atoms with van der Waals surface area (Å²) in [6, 6.07) is -0.194. The van der Waals surface area contributed by atoms with E-state index in [0.29, 0.717) is 39.1 Å². The molecule has 0 bridgehead atoms. The number of nitrogens with one attached hydrogen (secondary N) is 1. The van der Waals surface area contributed by atoms with Crippen LogP contribution >= 0.6 is 0 Å². The lowest BCUT2D eigenvalue weighted by Crippen LogP contribution is -2.47. The normalized spacial score (nSPS) is 24.8. The maximum atomic E-state index is 12.6. The molecule has 1 aliphatic rings. The molecule has 8 heteroatoms. The predicted octanol–water partition coefficient (Wildman–Crippen LogP) is 0.0220. The molecule has 2 rings (SSSR count). The van der Waals surface area contributed by atoms with E-state index in [2.05, 4.69) is 22.6 Å². The molecule has 136 valence electrons. The molecule has 0 saturated carbocycles. The number of aromatic nitrogens is 3. The summed E-state index contributed by atoms with van der Waals surface area (Å²) < 4.78 is 7.89. The Morgan fingerprint density at radius 1 is 1.54 bits per heavy atom. The summed E-state index contributed by atoms with van der Waals surface area (Å²) in [5.74, 6) is 0.202. The Balaban J connectivity index is 2.20. The number of carbonyl (C=O) groups is 1. The first-order valence-electron chi connectivity index (χ1n) is 8.60. The van der Waals surface area contributed by atoms with Gasteiger partial charge in [0.2, 0.25) is 5.91 Å². The van der Waals surface area contributed by atoms with Gasteiger partial charge in [-0.15, -0.1) is 5.10 Å². The van der Waals surface area contributed by atoms with Crippen molar-refractivity contribution in [3.05, 3.63) is 11.9 Å². The summed E-state index contributed by atoms with van der Waals surface area (Å²) in [6.45, 7) is 6.27. The van der Waals surface area contributed by atoms with Crippen molar-refractivity contribution in [1.29, 1.82) is 0 Å². The van der Waals surface area contributed by atoms with Gasteiger partial charge in [0.25, 0.3) is 0 Å². The van der Waals surface area contributed by atoms with Crippen LogP contribution in [0.5, 0.6) is 0 Å². The van der Waals surface area contributed by atoms with E-state index in [1.54, 1.807) is 15.8 Å². The number of ether oxygens (including phenoxy) is 1. The van der Waals surface area contributed by atoms with E-state index in [1.807, 2.05) is 14.0 Å². The van der Waals surface area contributed by atoms with Crippen molar-refractivity contribution in [2.45, 2.75) is 52.0 Å². The summed E-state index contributed by atoms with van der Waals surface area (Å²) in [6.07, 6.45) is 2.81. The molecule has 0 radical (unpaired) electrons. The second-order valence-corrected chi connectivity index (χ2v) is 6.51. The number of carbonyl (C=O) groups excluding carboxylic acids is 1. The van der Waals surface area contributed by atoms with Gasteiger partial charge in [-0.2, -0.15) is 0 Å². The smallest absolute Gasteiger partial charge is 0.222 e. The molecule has 24 heavy (non-hydrogen) atoms. The van der Waals surface area contributed by atoms with Gasteiger partial charge in [-0.05, 0) is 20.4 Å². The van der Waals surface area contributed by atoms with Crippen LogP contribution in [0.4, 0.5) is 0 Å². The van der Waals surface area contributed by atoms with Crippen molar-refractivity contribution < 1.29 is 14.6 Å². The van der Waals surface area contributed by atoms with E-state index >= 15 is 0 Å². The van der Waals surface area contributed by atoms with Crippen molar-refractivity contribution in [1.82, 2.24) is 25.2 Å². The Morgan fingerprint density at radius 3 is 3.04 bits per heavy atom. The Morgan fingerprint density at radius 2 is 2.33 bits per heavy atom. The third-order valence-electron chi connectivity index (χ3n) is 4.55. The highest BCUT2D eigenvalue weighted by atomic mass is 16.5. The average Bonchev–Trinajstić information content (AvgIpc) is 3.01. The number of likely N-dealkylation sites (N-methyl/N-ethyl adjacent to an activating group) is 1. The molecule has 3 atom stereocenters. The molecule has 0 spiro atoms. The zero-order valence-corrected chi connectivity index (χ0v) is 14.8. The number of fused-ring (bicyclic) bond motifs is 1. The maximum Gasteiger partial charge on any atom is 0.222 e. The summed E-state index contributed by atoms with van der Waals surface area (Å²) in [5, 5.41) is 20.7. The maximum absolute atomic E-state index is 12.6. The highest BCUT2D eigenvalue weighted by molar-refractivity contribution is 5.76. The first-order chi connectivity index (χ1) is 11.6. The first kappa shape index (κ1) is 18.8. The highest BCUT2D eigenvalue weighted by Crippen LogP contribution is 2.17. The van der Waals surface area contributed by atoms with E-state index in [9.17, 15) is 9.90 Å². The lowest BCUT2D eigenvalue weighted by Gasteiger charge is -2.34. The Labute approximate surface area is 143 Å². The number of rotatable bonds is 4. The highest BCUT2D eigenvalue weighted by Gasteiger charge is 2.27. The first-order valence-corrected chi connectivity index (χ1v) is 8.60. The van der Waals surface area contributed by atoms with Crippen molar-refractivity contribution in [3.63, 3.8) is 0 Å². The number of nitrogens with zero attached hydrogens (tertiary/aromatic N) is 4.